The zero-order valence-electron chi connectivity index (χ0n) is 11.0. The number of benzene rings is 1. The van der Waals surface area contributed by atoms with E-state index in [1.165, 1.54) is 0 Å². The second-order valence-electron chi connectivity index (χ2n) is 4.90. The van der Waals surface area contributed by atoms with Gasteiger partial charge in [0.15, 0.2) is 0 Å². The van der Waals surface area contributed by atoms with E-state index in [-0.39, 0.29) is 6.42 Å². The van der Waals surface area contributed by atoms with Crippen LogP contribution in [-0.2, 0) is 13.0 Å². The quantitative estimate of drug-likeness (QED) is 0.799. The van der Waals surface area contributed by atoms with Gasteiger partial charge in [0.1, 0.15) is 5.75 Å². The smallest absolute Gasteiger partial charge is 0.389 e. The number of hydrogen-bond acceptors (Lipinski definition) is 2. The second-order valence-corrected chi connectivity index (χ2v) is 5.34. The Balaban J connectivity index is 1.75. The first kappa shape index (κ1) is 15.4. The highest BCUT2D eigenvalue weighted by atomic mass is 35.5. The number of unbranched alkanes of at least 4 members (excludes halogenated alkanes) is 1. The molecule has 0 unspecified atom stereocenters. The molecule has 6 heteroatoms. The maximum atomic E-state index is 12.0. The van der Waals surface area contributed by atoms with Gasteiger partial charge in [-0.25, -0.2) is 0 Å². The Hall–Kier alpha value is -0.940. The van der Waals surface area contributed by atoms with Crippen LogP contribution in [0.2, 0.25) is 5.02 Å². The average Bonchev–Trinajstić information content (AvgIpc) is 2.79. The SMILES string of the molecule is FC(F)(F)CCCCNCc1cc(Cl)cc2c1OCC2. The summed E-state index contributed by atoms with van der Waals surface area (Å²) in [4.78, 5) is 0. The topological polar surface area (TPSA) is 21.3 Å². The van der Waals surface area contributed by atoms with Crippen LogP contribution < -0.4 is 10.1 Å². The Bertz CT molecular complexity index is 462. The van der Waals surface area contributed by atoms with E-state index in [2.05, 4.69) is 5.32 Å². The van der Waals surface area contributed by atoms with Crippen molar-refractivity contribution < 1.29 is 17.9 Å². The van der Waals surface area contributed by atoms with Crippen molar-refractivity contribution in [3.8, 4) is 5.75 Å². The number of nitrogens with one attached hydrogen (secondary N) is 1. The van der Waals surface area contributed by atoms with Crippen molar-refractivity contribution in [1.82, 2.24) is 5.32 Å². The number of fused-ring (bicyclic) bond motifs is 1. The summed E-state index contributed by atoms with van der Waals surface area (Å²) in [5, 5.41) is 3.81. The van der Waals surface area contributed by atoms with Crippen LogP contribution in [0.5, 0.6) is 5.75 Å². The first-order valence-electron chi connectivity index (χ1n) is 6.67. The molecule has 1 aromatic rings. The molecule has 1 aromatic carbocycles. The molecule has 1 aliphatic heterocycles. The van der Waals surface area contributed by atoms with Gasteiger partial charge in [-0.1, -0.05) is 11.6 Å². The number of hydrogen-bond donors (Lipinski definition) is 1. The minimum Gasteiger partial charge on any atom is -0.493 e. The summed E-state index contributed by atoms with van der Waals surface area (Å²) < 4.78 is 41.5. The van der Waals surface area contributed by atoms with Crippen molar-refractivity contribution in [2.45, 2.75) is 38.4 Å². The molecule has 0 bridgehead atoms. The first-order chi connectivity index (χ1) is 9.46. The fraction of sp³-hybridized carbons (Fsp3) is 0.571. The third-order valence-electron chi connectivity index (χ3n) is 3.20. The Morgan fingerprint density at radius 3 is 2.80 bits per heavy atom. The van der Waals surface area contributed by atoms with Crippen LogP contribution in [0.4, 0.5) is 13.2 Å². The van der Waals surface area contributed by atoms with Gasteiger partial charge in [-0.2, -0.15) is 13.2 Å². The van der Waals surface area contributed by atoms with Crippen LogP contribution in [0.15, 0.2) is 12.1 Å². The predicted octanol–water partition coefficient (Wildman–Crippen LogP) is 4.10. The van der Waals surface area contributed by atoms with Crippen LogP contribution in [0.25, 0.3) is 0 Å². The van der Waals surface area contributed by atoms with Crippen molar-refractivity contribution in [2.24, 2.45) is 0 Å². The Morgan fingerprint density at radius 1 is 1.25 bits per heavy atom. The highest BCUT2D eigenvalue weighted by Crippen LogP contribution is 2.32. The van der Waals surface area contributed by atoms with Crippen molar-refractivity contribution >= 4 is 11.6 Å². The minimum absolute atomic E-state index is 0.153. The number of ether oxygens (including phenoxy) is 1. The molecule has 0 aliphatic carbocycles. The summed E-state index contributed by atoms with van der Waals surface area (Å²) in [6.45, 7) is 1.78. The lowest BCUT2D eigenvalue weighted by Gasteiger charge is -2.10. The standard InChI is InChI=1S/C14H17ClF3NO/c15-12-7-10-3-6-20-13(10)11(8-12)9-19-5-2-1-4-14(16,17)18/h7-8,19H,1-6,9H2. The maximum Gasteiger partial charge on any atom is 0.389 e. The molecule has 1 heterocycles. The number of rotatable bonds is 6. The van der Waals surface area contributed by atoms with Crippen LogP contribution in [-0.4, -0.2) is 19.3 Å². The normalized spacial score (nSPS) is 14.2. The van der Waals surface area contributed by atoms with Gasteiger partial charge in [0.25, 0.3) is 0 Å². The van der Waals surface area contributed by atoms with Gasteiger partial charge in [-0.05, 0) is 37.1 Å². The van der Waals surface area contributed by atoms with Crippen molar-refractivity contribution in [2.75, 3.05) is 13.2 Å². The average molecular weight is 308 g/mol. The molecule has 0 spiro atoms. The lowest BCUT2D eigenvalue weighted by atomic mass is 10.1. The van der Waals surface area contributed by atoms with E-state index >= 15 is 0 Å². The van der Waals surface area contributed by atoms with Gasteiger partial charge in [-0.15, -0.1) is 0 Å². The molecule has 112 valence electrons. The fourth-order valence-corrected chi connectivity index (χ4v) is 2.54. The van der Waals surface area contributed by atoms with Gasteiger partial charge >= 0.3 is 6.18 Å². The van der Waals surface area contributed by atoms with E-state index in [0.717, 1.165) is 23.3 Å². The highest BCUT2D eigenvalue weighted by Gasteiger charge is 2.25. The highest BCUT2D eigenvalue weighted by molar-refractivity contribution is 6.30. The molecular weight excluding hydrogens is 291 g/mol. The predicted molar refractivity (Wildman–Crippen MR) is 72.3 cm³/mol. The molecule has 2 rings (SSSR count). The third-order valence-corrected chi connectivity index (χ3v) is 3.42. The molecule has 0 aromatic heterocycles. The zero-order chi connectivity index (χ0) is 14.6. The van der Waals surface area contributed by atoms with Crippen molar-refractivity contribution in [3.05, 3.63) is 28.3 Å². The Morgan fingerprint density at radius 2 is 2.05 bits per heavy atom. The largest absolute Gasteiger partial charge is 0.493 e. The van der Waals surface area contributed by atoms with Gasteiger partial charge in [-0.3, -0.25) is 0 Å². The van der Waals surface area contributed by atoms with E-state index in [4.69, 9.17) is 16.3 Å². The summed E-state index contributed by atoms with van der Waals surface area (Å²) in [6, 6.07) is 3.74. The molecular formula is C14H17ClF3NO. The Kier molecular flexibility index (Phi) is 5.16. The molecule has 0 atom stereocenters. The van der Waals surface area contributed by atoms with Gasteiger partial charge in [0, 0.05) is 30.0 Å². The van der Waals surface area contributed by atoms with Crippen LogP contribution in [0.3, 0.4) is 0 Å². The molecule has 0 saturated heterocycles. The maximum absolute atomic E-state index is 12.0. The molecule has 1 aliphatic rings. The van der Waals surface area contributed by atoms with Crippen LogP contribution >= 0.6 is 11.6 Å². The van der Waals surface area contributed by atoms with E-state index in [9.17, 15) is 13.2 Å². The number of halogens is 4. The summed E-state index contributed by atoms with van der Waals surface area (Å²) in [6.07, 6.45) is -3.26. The summed E-state index contributed by atoms with van der Waals surface area (Å²) >= 11 is 6.03. The van der Waals surface area contributed by atoms with E-state index in [1.807, 2.05) is 12.1 Å². The van der Waals surface area contributed by atoms with Crippen LogP contribution in [0, 0.1) is 0 Å². The molecule has 2 nitrogen and oxygen atoms in total. The first-order valence-corrected chi connectivity index (χ1v) is 7.05. The number of alkyl halides is 3. The summed E-state index contributed by atoms with van der Waals surface area (Å²) in [5.41, 5.74) is 2.08. The Labute approximate surface area is 121 Å². The summed E-state index contributed by atoms with van der Waals surface area (Å²) in [7, 11) is 0. The lowest BCUT2D eigenvalue weighted by molar-refractivity contribution is -0.135. The monoisotopic (exact) mass is 307 g/mol. The van der Waals surface area contributed by atoms with Gasteiger partial charge < -0.3 is 10.1 Å². The van der Waals surface area contributed by atoms with E-state index in [0.29, 0.717) is 31.1 Å². The molecule has 1 N–H and O–H groups in total. The minimum atomic E-state index is -4.05. The molecule has 20 heavy (non-hydrogen) atoms. The van der Waals surface area contributed by atoms with Gasteiger partial charge in [0.05, 0.1) is 6.61 Å². The molecule has 0 fully saturated rings. The molecule has 0 saturated carbocycles. The molecule has 0 radical (unpaired) electrons. The van der Waals surface area contributed by atoms with E-state index in [1.54, 1.807) is 0 Å². The van der Waals surface area contributed by atoms with E-state index < -0.39 is 12.6 Å². The molecule has 0 amide bonds. The lowest BCUT2D eigenvalue weighted by Crippen LogP contribution is -2.16. The van der Waals surface area contributed by atoms with Crippen LogP contribution in [0.1, 0.15) is 30.4 Å². The van der Waals surface area contributed by atoms with Gasteiger partial charge in [0.2, 0.25) is 0 Å². The van der Waals surface area contributed by atoms with Crippen molar-refractivity contribution in [1.29, 1.82) is 0 Å². The zero-order valence-corrected chi connectivity index (χ0v) is 11.8. The third kappa shape index (κ3) is 4.56. The second kappa shape index (κ2) is 6.68. The summed E-state index contributed by atoms with van der Waals surface area (Å²) in [5.74, 6) is 0.872. The fourth-order valence-electron chi connectivity index (χ4n) is 2.28. The van der Waals surface area contributed by atoms with Crippen molar-refractivity contribution in [3.63, 3.8) is 0 Å².